The van der Waals surface area contributed by atoms with Crippen molar-refractivity contribution in [3.05, 3.63) is 44.9 Å². The molecule has 0 bridgehead atoms. The number of oxime groups is 1. The largest absolute Gasteiger partial charge is 0.477 e. The first kappa shape index (κ1) is 26.0. The van der Waals surface area contributed by atoms with Crippen LogP contribution in [-0.2, 0) is 25.7 Å². The number of thiazole rings is 1. The van der Waals surface area contributed by atoms with Crippen LogP contribution in [0.1, 0.15) is 17.1 Å². The second-order valence-electron chi connectivity index (χ2n) is 7.32. The fourth-order valence-corrected chi connectivity index (χ4v) is 5.69. The van der Waals surface area contributed by atoms with E-state index in [0.29, 0.717) is 5.57 Å². The van der Waals surface area contributed by atoms with E-state index in [1.54, 1.807) is 0 Å². The number of carbonyl (C=O) groups excluding carboxylic acids is 3. The average molecular weight is 570 g/mol. The lowest BCUT2D eigenvalue weighted by Crippen LogP contribution is -2.71. The van der Waals surface area contributed by atoms with Crippen molar-refractivity contribution in [2.45, 2.75) is 18.0 Å². The zero-order chi connectivity index (χ0) is 26.9. The molecule has 18 heteroatoms. The van der Waals surface area contributed by atoms with Crippen LogP contribution in [0.2, 0.25) is 4.34 Å². The first-order valence-electron chi connectivity index (χ1n) is 10.0. The summed E-state index contributed by atoms with van der Waals surface area (Å²) in [5.41, 5.74) is 10.1. The SMILES string of the molecule is NC(=O)OCc1cc(/C=C\C2=C(C(=O)O)N3C(=O)[C@@H](NC(=O)/C(=N\O)c4nc(N)sc4Cl)[C@H]3SC2)on1. The molecule has 0 unspecified atom stereocenters. The Morgan fingerprint density at radius 2 is 2.16 bits per heavy atom. The smallest absolute Gasteiger partial charge is 0.404 e. The summed E-state index contributed by atoms with van der Waals surface area (Å²) in [4.78, 5) is 53.1. The number of aromatic nitrogens is 2. The number of rotatable bonds is 8. The number of nitrogen functional groups attached to an aromatic ring is 1. The van der Waals surface area contributed by atoms with Crippen molar-refractivity contribution < 1.29 is 38.8 Å². The topological polar surface area (TPSA) is 237 Å². The molecule has 1 saturated heterocycles. The molecule has 2 atom stereocenters. The minimum absolute atomic E-state index is 0.0147. The number of allylic oxidation sites excluding steroid dienone is 1. The molecule has 2 aliphatic rings. The number of fused-ring (bicyclic) bond motifs is 1. The standard InChI is InChI=1S/C19H16ClN7O8S2/c20-13-9(24-18(21)37-13)10(25-33)14(28)23-11-15(29)27-12(17(30)31)6(5-36-16(11)27)1-2-8-3-7(26-35-8)4-34-19(22)32/h1-3,11,16,33H,4-5H2,(H2,21,24)(H2,22,32)(H,23,28)(H,30,31)/b2-1-,25-10-/t11-,16-/m1/s1. The number of carboxylic acids is 1. The van der Waals surface area contributed by atoms with Crippen molar-refractivity contribution in [1.29, 1.82) is 0 Å². The van der Waals surface area contributed by atoms with Crippen LogP contribution in [0.4, 0.5) is 9.93 Å². The van der Waals surface area contributed by atoms with Crippen molar-refractivity contribution in [2.75, 3.05) is 11.5 Å². The van der Waals surface area contributed by atoms with Crippen molar-refractivity contribution in [1.82, 2.24) is 20.4 Å². The summed E-state index contributed by atoms with van der Waals surface area (Å²) in [6, 6.07) is 0.369. The van der Waals surface area contributed by atoms with Gasteiger partial charge >= 0.3 is 12.1 Å². The van der Waals surface area contributed by atoms with Gasteiger partial charge in [0.2, 0.25) is 0 Å². The van der Waals surface area contributed by atoms with Gasteiger partial charge < -0.3 is 36.4 Å². The maximum atomic E-state index is 12.8. The maximum Gasteiger partial charge on any atom is 0.404 e. The number of carboxylic acid groups (broad SMARTS) is 1. The molecule has 0 spiro atoms. The molecule has 0 radical (unpaired) electrons. The fourth-order valence-electron chi connectivity index (χ4n) is 3.45. The molecule has 194 valence electrons. The molecular weight excluding hydrogens is 554 g/mol. The highest BCUT2D eigenvalue weighted by Gasteiger charge is 2.54. The van der Waals surface area contributed by atoms with E-state index in [0.717, 1.165) is 16.2 Å². The van der Waals surface area contributed by atoms with Crippen LogP contribution in [-0.4, -0.2) is 72.1 Å². The molecule has 1 fully saturated rings. The number of nitrogens with one attached hydrogen (secondary N) is 1. The zero-order valence-corrected chi connectivity index (χ0v) is 20.7. The third kappa shape index (κ3) is 5.23. The van der Waals surface area contributed by atoms with Crippen LogP contribution in [0.3, 0.4) is 0 Å². The molecule has 2 aromatic heterocycles. The number of halogens is 1. The second-order valence-corrected chi connectivity index (χ2v) is 10.1. The average Bonchev–Trinajstić information content (AvgIpc) is 3.44. The van der Waals surface area contributed by atoms with Gasteiger partial charge in [0.25, 0.3) is 11.8 Å². The van der Waals surface area contributed by atoms with Gasteiger partial charge in [-0.25, -0.2) is 14.6 Å². The minimum atomic E-state index is -1.35. The lowest BCUT2D eigenvalue weighted by Gasteiger charge is -2.49. The van der Waals surface area contributed by atoms with Gasteiger partial charge in [0, 0.05) is 11.8 Å². The van der Waals surface area contributed by atoms with Gasteiger partial charge in [-0.05, 0) is 11.6 Å². The molecule has 0 aromatic carbocycles. The maximum absolute atomic E-state index is 12.8. The highest BCUT2D eigenvalue weighted by molar-refractivity contribution is 8.00. The number of nitrogens with zero attached hydrogens (tertiary/aromatic N) is 4. The first-order chi connectivity index (χ1) is 17.6. The van der Waals surface area contributed by atoms with E-state index in [4.69, 9.17) is 27.6 Å². The number of aliphatic carboxylic acids is 1. The van der Waals surface area contributed by atoms with Gasteiger partial charge in [-0.1, -0.05) is 39.3 Å². The summed E-state index contributed by atoms with van der Waals surface area (Å²) >= 11 is 8.05. The number of amides is 3. The molecule has 4 rings (SSSR count). The summed E-state index contributed by atoms with van der Waals surface area (Å²) < 4.78 is 9.71. The summed E-state index contributed by atoms with van der Waals surface area (Å²) in [6.45, 7) is -0.201. The van der Waals surface area contributed by atoms with Crippen LogP contribution in [0.5, 0.6) is 0 Å². The third-order valence-electron chi connectivity index (χ3n) is 5.02. The van der Waals surface area contributed by atoms with Gasteiger partial charge in [-0.3, -0.25) is 14.5 Å². The van der Waals surface area contributed by atoms with E-state index in [2.05, 4.69) is 25.4 Å². The third-order valence-corrected chi connectivity index (χ3v) is 7.40. The summed E-state index contributed by atoms with van der Waals surface area (Å²) in [5, 5.41) is 27.5. The summed E-state index contributed by atoms with van der Waals surface area (Å²) in [7, 11) is 0. The highest BCUT2D eigenvalue weighted by Crippen LogP contribution is 2.41. The van der Waals surface area contributed by atoms with E-state index in [1.165, 1.54) is 30.0 Å². The Bertz CT molecular complexity index is 1380. The van der Waals surface area contributed by atoms with E-state index in [1.807, 2.05) is 0 Å². The molecule has 4 heterocycles. The monoisotopic (exact) mass is 569 g/mol. The Labute approximate surface area is 219 Å². The van der Waals surface area contributed by atoms with Crippen molar-refractivity contribution in [3.8, 4) is 0 Å². The van der Waals surface area contributed by atoms with Crippen LogP contribution < -0.4 is 16.8 Å². The van der Waals surface area contributed by atoms with Crippen LogP contribution in [0.15, 0.2) is 33.1 Å². The number of carbonyl (C=O) groups is 4. The van der Waals surface area contributed by atoms with E-state index < -0.39 is 41.0 Å². The van der Waals surface area contributed by atoms with Crippen molar-refractivity contribution >= 4 is 75.5 Å². The Morgan fingerprint density at radius 3 is 2.78 bits per heavy atom. The number of hydrogen-bond acceptors (Lipinski definition) is 13. The number of anilines is 1. The minimum Gasteiger partial charge on any atom is -0.477 e. The molecular formula is C19H16ClN7O8S2. The van der Waals surface area contributed by atoms with Gasteiger partial charge in [0.1, 0.15) is 39.4 Å². The number of thioether (sulfide) groups is 1. The first-order valence-corrected chi connectivity index (χ1v) is 12.3. The van der Waals surface area contributed by atoms with Crippen LogP contribution in [0, 0.1) is 0 Å². The molecule has 15 nitrogen and oxygen atoms in total. The van der Waals surface area contributed by atoms with Crippen molar-refractivity contribution in [2.24, 2.45) is 10.9 Å². The molecule has 2 aromatic rings. The van der Waals surface area contributed by atoms with Crippen LogP contribution in [0.25, 0.3) is 6.08 Å². The number of β-lactam (4-membered cyclic amide) rings is 1. The highest BCUT2D eigenvalue weighted by atomic mass is 35.5. The normalized spacial score (nSPS) is 19.5. The number of ether oxygens (including phenoxy) is 1. The lowest BCUT2D eigenvalue weighted by molar-refractivity contribution is -0.150. The fraction of sp³-hybridized carbons (Fsp3) is 0.211. The summed E-state index contributed by atoms with van der Waals surface area (Å²) in [5.74, 6) is -2.55. The molecule has 0 saturated carbocycles. The van der Waals surface area contributed by atoms with Crippen molar-refractivity contribution in [3.63, 3.8) is 0 Å². The van der Waals surface area contributed by atoms with Crippen LogP contribution >= 0.6 is 34.7 Å². The Balaban J connectivity index is 1.48. The molecule has 7 N–H and O–H groups in total. The number of primary amides is 1. The predicted octanol–water partition coefficient (Wildman–Crippen LogP) is 0.592. The van der Waals surface area contributed by atoms with E-state index in [9.17, 15) is 29.5 Å². The van der Waals surface area contributed by atoms with E-state index in [-0.39, 0.29) is 44.7 Å². The van der Waals surface area contributed by atoms with E-state index >= 15 is 0 Å². The Hall–Kier alpha value is -4.09. The van der Waals surface area contributed by atoms with Gasteiger partial charge in [0.05, 0.1) is 0 Å². The molecule has 0 aliphatic carbocycles. The van der Waals surface area contributed by atoms with Gasteiger partial charge in [0.15, 0.2) is 16.6 Å². The summed E-state index contributed by atoms with van der Waals surface area (Å²) in [6.07, 6.45) is 1.92. The lowest BCUT2D eigenvalue weighted by atomic mass is 10.0. The van der Waals surface area contributed by atoms with Gasteiger partial charge in [-0.2, -0.15) is 0 Å². The number of hydrogen-bond donors (Lipinski definition) is 5. The number of nitrogens with two attached hydrogens (primary N) is 2. The zero-order valence-electron chi connectivity index (χ0n) is 18.3. The quantitative estimate of drug-likeness (QED) is 0.127. The molecule has 37 heavy (non-hydrogen) atoms. The predicted molar refractivity (Wildman–Crippen MR) is 129 cm³/mol. The molecule has 2 aliphatic heterocycles. The Morgan fingerprint density at radius 1 is 1.41 bits per heavy atom. The Kier molecular flexibility index (Phi) is 7.37. The molecule has 3 amide bonds. The second kappa shape index (κ2) is 10.5. The van der Waals surface area contributed by atoms with Gasteiger partial charge in [-0.15, -0.1) is 11.8 Å².